The van der Waals surface area contributed by atoms with E-state index in [1.807, 2.05) is 54.6 Å². The third kappa shape index (κ3) is 4.85. The van der Waals surface area contributed by atoms with Crippen molar-refractivity contribution in [2.75, 3.05) is 0 Å². The molecule has 0 unspecified atom stereocenters. The van der Waals surface area contributed by atoms with Crippen molar-refractivity contribution in [2.45, 2.75) is 13.2 Å². The normalized spacial score (nSPS) is 10.7. The van der Waals surface area contributed by atoms with Crippen LogP contribution in [-0.2, 0) is 13.2 Å². The fourth-order valence-electron chi connectivity index (χ4n) is 2.65. The van der Waals surface area contributed by atoms with Crippen LogP contribution in [-0.4, -0.2) is 10.9 Å². The summed E-state index contributed by atoms with van der Waals surface area (Å²) in [4.78, 5) is 16.7. The zero-order valence-electron chi connectivity index (χ0n) is 15.3. The van der Waals surface area contributed by atoms with E-state index in [1.165, 1.54) is 11.3 Å². The van der Waals surface area contributed by atoms with Crippen LogP contribution in [0.3, 0.4) is 0 Å². The molecule has 1 amide bonds. The van der Waals surface area contributed by atoms with Crippen molar-refractivity contribution >= 4 is 28.8 Å². The molecule has 2 heterocycles. The number of hydrogen-bond acceptors (Lipinski definition) is 5. The molecule has 5 nitrogen and oxygen atoms in total. The van der Waals surface area contributed by atoms with E-state index in [9.17, 15) is 4.79 Å². The highest BCUT2D eigenvalue weighted by molar-refractivity contribution is 7.13. The molecule has 0 radical (unpaired) electrons. The Bertz CT molecular complexity index is 1090. The second kappa shape index (κ2) is 8.94. The molecule has 29 heavy (non-hydrogen) atoms. The van der Waals surface area contributed by atoms with Crippen LogP contribution in [0.15, 0.2) is 76.7 Å². The third-order valence-electron chi connectivity index (χ3n) is 4.19. The van der Waals surface area contributed by atoms with Crippen molar-refractivity contribution in [3.8, 4) is 16.3 Å². The smallest absolute Gasteiger partial charge is 0.271 e. The number of aromatic nitrogens is 1. The molecule has 0 fully saturated rings. The first-order chi connectivity index (χ1) is 14.2. The molecule has 0 aliphatic rings. The zero-order valence-corrected chi connectivity index (χ0v) is 16.9. The fraction of sp³-hybridized carbons (Fsp3) is 0.0909. The monoisotopic (exact) mass is 424 g/mol. The van der Waals surface area contributed by atoms with Crippen LogP contribution in [0.4, 0.5) is 0 Å². The van der Waals surface area contributed by atoms with Gasteiger partial charge in [-0.2, -0.15) is 0 Å². The number of halogens is 1. The molecule has 0 aliphatic heterocycles. The lowest BCUT2D eigenvalue weighted by Gasteiger charge is -2.08. The molecule has 4 aromatic rings. The average Bonchev–Trinajstić information content (AvgIpc) is 3.44. The maximum atomic E-state index is 12.2. The topological polar surface area (TPSA) is 64.4 Å². The molecule has 2 aromatic heterocycles. The van der Waals surface area contributed by atoms with E-state index >= 15 is 0 Å². The summed E-state index contributed by atoms with van der Waals surface area (Å²) in [5.41, 5.74) is 2.24. The molecule has 146 valence electrons. The van der Waals surface area contributed by atoms with E-state index in [4.69, 9.17) is 20.8 Å². The lowest BCUT2D eigenvalue weighted by Crippen LogP contribution is -2.22. The van der Waals surface area contributed by atoms with Gasteiger partial charge in [-0.15, -0.1) is 11.3 Å². The highest BCUT2D eigenvalue weighted by Crippen LogP contribution is 2.26. The molecular weight excluding hydrogens is 408 g/mol. The second-order valence-corrected chi connectivity index (χ2v) is 7.47. The predicted octanol–water partition coefficient (Wildman–Crippen LogP) is 5.57. The SMILES string of the molecule is O=C(NCc1ccco1)c1csc(-c2ccc(OCc3ccccc3Cl)cc2)n1. The number of hydrogen-bond donors (Lipinski definition) is 1. The maximum absolute atomic E-state index is 12.2. The summed E-state index contributed by atoms with van der Waals surface area (Å²) in [6.45, 7) is 0.729. The van der Waals surface area contributed by atoms with E-state index in [2.05, 4.69) is 10.3 Å². The maximum Gasteiger partial charge on any atom is 0.271 e. The van der Waals surface area contributed by atoms with Gasteiger partial charge >= 0.3 is 0 Å². The zero-order chi connectivity index (χ0) is 20.1. The quantitative estimate of drug-likeness (QED) is 0.421. The van der Waals surface area contributed by atoms with Gasteiger partial charge in [0.1, 0.15) is 28.8 Å². The van der Waals surface area contributed by atoms with Crippen molar-refractivity contribution in [3.63, 3.8) is 0 Å². The molecule has 0 atom stereocenters. The Labute approximate surface area is 176 Å². The molecular formula is C22H17ClN2O3S. The number of carbonyl (C=O) groups excluding carboxylic acids is 1. The average molecular weight is 425 g/mol. The van der Waals surface area contributed by atoms with Gasteiger partial charge in [-0.25, -0.2) is 4.98 Å². The van der Waals surface area contributed by atoms with Crippen LogP contribution < -0.4 is 10.1 Å². The molecule has 0 aliphatic carbocycles. The fourth-order valence-corrected chi connectivity index (χ4v) is 3.65. The summed E-state index contributed by atoms with van der Waals surface area (Å²) in [6.07, 6.45) is 1.57. The van der Waals surface area contributed by atoms with Crippen LogP contribution in [0.5, 0.6) is 5.75 Å². The molecule has 0 spiro atoms. The molecule has 4 rings (SSSR count). The molecule has 0 saturated heterocycles. The van der Waals surface area contributed by atoms with Crippen molar-refractivity contribution in [3.05, 3.63) is 94.3 Å². The number of benzene rings is 2. The standard InChI is InChI=1S/C22H17ClN2O3S/c23-19-6-2-1-4-16(19)13-28-17-9-7-15(8-10-17)22-25-20(14-29-22)21(26)24-12-18-5-3-11-27-18/h1-11,14H,12-13H2,(H,24,26). The van der Waals surface area contributed by atoms with E-state index < -0.39 is 0 Å². The van der Waals surface area contributed by atoms with Gasteiger partial charge < -0.3 is 14.5 Å². The van der Waals surface area contributed by atoms with Crippen molar-refractivity contribution < 1.29 is 13.9 Å². The third-order valence-corrected chi connectivity index (χ3v) is 5.45. The summed E-state index contributed by atoms with van der Waals surface area (Å²) in [5.74, 6) is 1.20. The minimum absolute atomic E-state index is 0.233. The lowest BCUT2D eigenvalue weighted by atomic mass is 10.2. The number of ether oxygens (including phenoxy) is 1. The highest BCUT2D eigenvalue weighted by Gasteiger charge is 2.12. The van der Waals surface area contributed by atoms with Gasteiger partial charge in [0, 0.05) is 21.5 Å². The Hall–Kier alpha value is -3.09. The van der Waals surface area contributed by atoms with E-state index in [0.29, 0.717) is 29.6 Å². The second-order valence-electron chi connectivity index (χ2n) is 6.20. The van der Waals surface area contributed by atoms with Gasteiger partial charge in [-0.05, 0) is 42.5 Å². The predicted molar refractivity (Wildman–Crippen MR) is 113 cm³/mol. The summed E-state index contributed by atoms with van der Waals surface area (Å²) in [5, 5.41) is 5.99. The van der Waals surface area contributed by atoms with Crippen LogP contribution in [0.1, 0.15) is 21.8 Å². The van der Waals surface area contributed by atoms with Gasteiger partial charge in [-0.3, -0.25) is 4.79 Å². The van der Waals surface area contributed by atoms with E-state index in [1.54, 1.807) is 17.7 Å². The van der Waals surface area contributed by atoms with Gasteiger partial charge in [0.05, 0.1) is 12.8 Å². The Balaban J connectivity index is 1.36. The number of amides is 1. The van der Waals surface area contributed by atoms with Gasteiger partial charge in [0.2, 0.25) is 0 Å². The van der Waals surface area contributed by atoms with Gasteiger partial charge in [0.25, 0.3) is 5.91 Å². The largest absolute Gasteiger partial charge is 0.489 e. The first kappa shape index (κ1) is 19.2. The van der Waals surface area contributed by atoms with Crippen molar-refractivity contribution in [1.29, 1.82) is 0 Å². The molecule has 1 N–H and O–H groups in total. The van der Waals surface area contributed by atoms with Gasteiger partial charge in [-0.1, -0.05) is 29.8 Å². The first-order valence-corrected chi connectivity index (χ1v) is 10.2. The van der Waals surface area contributed by atoms with Crippen LogP contribution in [0.25, 0.3) is 10.6 Å². The summed E-state index contributed by atoms with van der Waals surface area (Å²) in [6, 6.07) is 18.8. The first-order valence-electron chi connectivity index (χ1n) is 8.92. The van der Waals surface area contributed by atoms with Crippen LogP contribution in [0, 0.1) is 0 Å². The summed E-state index contributed by atoms with van der Waals surface area (Å²) >= 11 is 7.57. The lowest BCUT2D eigenvalue weighted by molar-refractivity contribution is 0.0944. The number of rotatable bonds is 7. The molecule has 2 aromatic carbocycles. The number of thiazole rings is 1. The highest BCUT2D eigenvalue weighted by atomic mass is 35.5. The van der Waals surface area contributed by atoms with E-state index in [0.717, 1.165) is 21.9 Å². The summed E-state index contributed by atoms with van der Waals surface area (Å²) < 4.78 is 11.0. The van der Waals surface area contributed by atoms with Crippen LogP contribution in [0.2, 0.25) is 5.02 Å². The van der Waals surface area contributed by atoms with Crippen molar-refractivity contribution in [2.24, 2.45) is 0 Å². The van der Waals surface area contributed by atoms with Crippen LogP contribution >= 0.6 is 22.9 Å². The van der Waals surface area contributed by atoms with E-state index in [-0.39, 0.29) is 5.91 Å². The number of nitrogens with one attached hydrogen (secondary N) is 1. The molecule has 0 bridgehead atoms. The Morgan fingerprint density at radius 1 is 1.10 bits per heavy atom. The Morgan fingerprint density at radius 2 is 1.93 bits per heavy atom. The number of carbonyl (C=O) groups is 1. The number of nitrogens with zero attached hydrogens (tertiary/aromatic N) is 1. The minimum atomic E-state index is -0.233. The molecule has 7 heteroatoms. The molecule has 0 saturated carbocycles. The number of furan rings is 1. The Kier molecular flexibility index (Phi) is 5.93. The minimum Gasteiger partial charge on any atom is -0.489 e. The van der Waals surface area contributed by atoms with Crippen molar-refractivity contribution in [1.82, 2.24) is 10.3 Å². The Morgan fingerprint density at radius 3 is 2.69 bits per heavy atom. The summed E-state index contributed by atoms with van der Waals surface area (Å²) in [7, 11) is 0. The van der Waals surface area contributed by atoms with Gasteiger partial charge in [0.15, 0.2) is 0 Å².